The number of methoxy groups -OCH3 is 1. The number of esters is 1. The van der Waals surface area contributed by atoms with Crippen LogP contribution in [0.15, 0.2) is 54.6 Å². The van der Waals surface area contributed by atoms with Crippen molar-refractivity contribution in [2.45, 2.75) is 47.6 Å². The van der Waals surface area contributed by atoms with Gasteiger partial charge in [0.25, 0.3) is 21.7 Å². The van der Waals surface area contributed by atoms with Gasteiger partial charge in [-0.05, 0) is 25.0 Å². The summed E-state index contributed by atoms with van der Waals surface area (Å²) in [6, 6.07) is 12.6. The quantitative estimate of drug-likeness (QED) is 0.145. The highest BCUT2D eigenvalue weighted by Gasteiger charge is 2.74. The van der Waals surface area contributed by atoms with Crippen LogP contribution in [0, 0.1) is 10.1 Å². The van der Waals surface area contributed by atoms with Gasteiger partial charge in [0.15, 0.2) is 11.4 Å². The molecule has 4 atom stereocenters. The Morgan fingerprint density at radius 3 is 2.33 bits per heavy atom. The third-order valence-corrected chi connectivity index (χ3v) is 9.32. The first kappa shape index (κ1) is 28.5. The van der Waals surface area contributed by atoms with E-state index in [1.807, 2.05) is 0 Å². The summed E-state index contributed by atoms with van der Waals surface area (Å²) in [7, 11) is -3.83. The van der Waals surface area contributed by atoms with E-state index >= 15 is 0 Å². The monoisotopic (exact) mass is 579 g/mol. The Morgan fingerprint density at radius 2 is 1.79 bits per heavy atom. The Balaban J connectivity index is 1.75. The van der Waals surface area contributed by atoms with Crippen LogP contribution in [0.5, 0.6) is 0 Å². The maximum absolute atomic E-state index is 13.8. The lowest BCUT2D eigenvalue weighted by molar-refractivity contribution is -0.384. The molecular weight excluding hydrogens is 554 g/mol. The van der Waals surface area contributed by atoms with Crippen LogP contribution in [0.25, 0.3) is 0 Å². The molecule has 2 aromatic carbocycles. The summed E-state index contributed by atoms with van der Waals surface area (Å²) in [5, 5.41) is 10.4. The van der Waals surface area contributed by atoms with E-state index in [4.69, 9.17) is 9.47 Å². The van der Waals surface area contributed by atoms with Crippen molar-refractivity contribution in [2.75, 3.05) is 7.11 Å². The van der Waals surface area contributed by atoms with E-state index in [2.05, 4.69) is 5.32 Å². The van der Waals surface area contributed by atoms with Crippen LogP contribution in [-0.4, -0.2) is 69.6 Å². The van der Waals surface area contributed by atoms with Crippen LogP contribution in [0.4, 0.5) is 5.69 Å². The third-order valence-electron chi connectivity index (χ3n) is 6.65. The number of nitrogens with one attached hydrogen (secondary N) is 1. The number of hydrogen-bond acceptors (Lipinski definition) is 10. The van der Waals surface area contributed by atoms with Gasteiger partial charge >= 0.3 is 5.97 Å². The number of nitrogens with zero attached hydrogens (tertiary/aromatic N) is 2. The summed E-state index contributed by atoms with van der Waals surface area (Å²) in [5.41, 5.74) is -2.23. The van der Waals surface area contributed by atoms with Gasteiger partial charge in [-0.2, -0.15) is 8.42 Å². The number of β-lactam (4-membered cyclic amide) rings is 1. The fourth-order valence-electron chi connectivity index (χ4n) is 4.71. The first-order valence-electron chi connectivity index (χ1n) is 11.5. The maximum atomic E-state index is 13.8. The number of hydrogen-bond donors (Lipinski definition) is 2. The summed E-state index contributed by atoms with van der Waals surface area (Å²) in [6.07, 6.45) is -0.915. The second-order valence-electron chi connectivity index (χ2n) is 9.39. The summed E-state index contributed by atoms with van der Waals surface area (Å²) in [6.45, 7) is 2.95. The number of carbonyl (C=O) groups excluding carboxylic acids is 3. The number of non-ortho nitro benzene ring substituents is 1. The Labute approximate surface area is 227 Å². The number of amides is 2. The average molecular weight is 580 g/mol. The highest BCUT2D eigenvalue weighted by Crippen LogP contribution is 2.56. The fraction of sp³-hybridized carbons (Fsp3) is 0.375. The molecule has 39 heavy (non-hydrogen) atoms. The van der Waals surface area contributed by atoms with Gasteiger partial charge in [0.1, 0.15) is 12.0 Å². The van der Waals surface area contributed by atoms with Crippen molar-refractivity contribution < 1.29 is 41.8 Å². The Morgan fingerprint density at radius 1 is 1.18 bits per heavy atom. The number of rotatable bonds is 9. The van der Waals surface area contributed by atoms with Crippen LogP contribution in [0.2, 0.25) is 0 Å². The van der Waals surface area contributed by atoms with Crippen LogP contribution in [0.3, 0.4) is 0 Å². The van der Waals surface area contributed by atoms with Gasteiger partial charge in [0.2, 0.25) is 11.6 Å². The normalized spacial score (nSPS) is 24.3. The van der Waals surface area contributed by atoms with E-state index in [1.54, 1.807) is 44.2 Å². The molecule has 0 unspecified atom stereocenters. The first-order chi connectivity index (χ1) is 18.2. The van der Waals surface area contributed by atoms with Gasteiger partial charge in [0.05, 0.1) is 9.67 Å². The van der Waals surface area contributed by atoms with Gasteiger partial charge in [-0.3, -0.25) is 29.2 Å². The molecule has 2 saturated heterocycles. The third kappa shape index (κ3) is 4.86. The summed E-state index contributed by atoms with van der Waals surface area (Å²) in [4.78, 5) is 51.8. The van der Waals surface area contributed by atoms with Crippen LogP contribution in [0.1, 0.15) is 30.2 Å². The zero-order valence-corrected chi connectivity index (χ0v) is 22.6. The molecule has 4 rings (SSSR count). The summed E-state index contributed by atoms with van der Waals surface area (Å²) >= 11 is 1.15. The number of nitro groups is 1. The molecule has 13 nitrogen and oxygen atoms in total. The van der Waals surface area contributed by atoms with Crippen molar-refractivity contribution in [1.82, 2.24) is 10.2 Å². The predicted molar refractivity (Wildman–Crippen MR) is 138 cm³/mol. The van der Waals surface area contributed by atoms with E-state index in [-0.39, 0.29) is 17.9 Å². The molecule has 0 saturated carbocycles. The molecule has 2 aliphatic rings. The zero-order valence-electron chi connectivity index (χ0n) is 21.0. The van der Waals surface area contributed by atoms with E-state index in [0.717, 1.165) is 40.9 Å². The van der Waals surface area contributed by atoms with Gasteiger partial charge in [-0.15, -0.1) is 11.8 Å². The standard InChI is InChI=1S/C24H25N3O10S2/c1-23(2)24(26-20(29)17(36-3)21(26)38-23,22(30)37-13-14-7-5-4-6-8-14)25-19(28)18(39(33,34)35)15-9-11-16(12-10-15)27(31)32/h4-12,17-18,21H,13H2,1-3H3,(H,25,28)(H,33,34,35)/t17-,18-,21-,24+/m1/s1. The van der Waals surface area contributed by atoms with Crippen LogP contribution >= 0.6 is 11.8 Å². The highest BCUT2D eigenvalue weighted by atomic mass is 32.2. The van der Waals surface area contributed by atoms with Gasteiger partial charge in [-0.1, -0.05) is 42.5 Å². The number of benzene rings is 2. The second-order valence-corrected chi connectivity index (χ2v) is 12.6. The number of ether oxygens (including phenoxy) is 2. The molecule has 2 N–H and O–H groups in total. The van der Waals surface area contributed by atoms with E-state index in [1.165, 1.54) is 7.11 Å². The molecule has 15 heteroatoms. The van der Waals surface area contributed by atoms with E-state index < -0.39 is 60.0 Å². The molecule has 0 radical (unpaired) electrons. The number of carbonyl (C=O) groups is 3. The van der Waals surface area contributed by atoms with Crippen molar-refractivity contribution in [3.05, 3.63) is 75.8 Å². The van der Waals surface area contributed by atoms with Crippen molar-refractivity contribution in [2.24, 2.45) is 0 Å². The first-order valence-corrected chi connectivity index (χ1v) is 13.9. The maximum Gasteiger partial charge on any atom is 0.355 e. The van der Waals surface area contributed by atoms with Crippen molar-refractivity contribution in [3.8, 4) is 0 Å². The van der Waals surface area contributed by atoms with E-state index in [9.17, 15) is 37.5 Å². The summed E-state index contributed by atoms with van der Waals surface area (Å²) < 4.78 is 44.3. The Kier molecular flexibility index (Phi) is 7.46. The van der Waals surface area contributed by atoms with Gasteiger partial charge < -0.3 is 14.8 Å². The van der Waals surface area contributed by atoms with Crippen LogP contribution < -0.4 is 5.32 Å². The molecule has 0 aromatic heterocycles. The summed E-state index contributed by atoms with van der Waals surface area (Å²) in [5.74, 6) is -3.00. The minimum atomic E-state index is -5.15. The second kappa shape index (κ2) is 10.2. The van der Waals surface area contributed by atoms with Gasteiger partial charge in [0, 0.05) is 19.2 Å². The lowest BCUT2D eigenvalue weighted by Crippen LogP contribution is -2.79. The Hall–Kier alpha value is -3.53. The van der Waals surface area contributed by atoms with Gasteiger partial charge in [-0.25, -0.2) is 4.79 Å². The molecule has 2 aromatic rings. The molecule has 2 aliphatic heterocycles. The molecule has 0 bridgehead atoms. The molecule has 208 valence electrons. The molecule has 2 fully saturated rings. The molecule has 2 amide bonds. The lowest BCUT2D eigenvalue weighted by atomic mass is 9.88. The molecule has 0 spiro atoms. The Bertz CT molecular complexity index is 1420. The van der Waals surface area contributed by atoms with E-state index in [0.29, 0.717) is 5.56 Å². The molecule has 2 heterocycles. The minimum absolute atomic E-state index is 0.206. The predicted octanol–water partition coefficient (Wildman–Crippen LogP) is 1.79. The number of fused-ring (bicyclic) bond motifs is 1. The highest BCUT2D eigenvalue weighted by molar-refractivity contribution is 8.01. The van der Waals surface area contributed by atoms with Crippen molar-refractivity contribution in [1.29, 1.82) is 0 Å². The lowest BCUT2D eigenvalue weighted by Gasteiger charge is -2.49. The van der Waals surface area contributed by atoms with Crippen molar-refractivity contribution in [3.63, 3.8) is 0 Å². The molecule has 0 aliphatic carbocycles. The smallest absolute Gasteiger partial charge is 0.355 e. The van der Waals surface area contributed by atoms with Crippen molar-refractivity contribution >= 4 is 45.4 Å². The SMILES string of the molecule is CO[C@@H]1C(=O)N2[C@@H]1SC(C)(C)[C@]2(NC(=O)[C@@H](c1ccc([N+](=O)[O-])cc1)S(=O)(=O)O)C(=O)OCc1ccccc1. The topological polar surface area (TPSA) is 182 Å². The zero-order chi connectivity index (χ0) is 28.8. The minimum Gasteiger partial charge on any atom is -0.458 e. The average Bonchev–Trinajstić information content (AvgIpc) is 3.06. The molecular formula is C24H25N3O10S2. The fourth-order valence-corrected chi connectivity index (χ4v) is 7.27. The van der Waals surface area contributed by atoms with Crippen LogP contribution in [-0.2, 0) is 40.6 Å². The number of thioether (sulfide) groups is 1. The largest absolute Gasteiger partial charge is 0.458 e. The number of nitro benzene ring substituents is 1.